The first kappa shape index (κ1) is 10.9. The molecule has 0 bridgehead atoms. The van der Waals surface area contributed by atoms with E-state index in [2.05, 4.69) is 29.7 Å². The van der Waals surface area contributed by atoms with Crippen LogP contribution in [0.2, 0.25) is 0 Å². The maximum atomic E-state index is 4.27. The molecule has 0 aromatic carbocycles. The van der Waals surface area contributed by atoms with Crippen LogP contribution in [0.4, 0.5) is 11.8 Å². The van der Waals surface area contributed by atoms with Crippen LogP contribution < -0.4 is 9.80 Å². The molecule has 18 heavy (non-hydrogen) atoms. The summed E-state index contributed by atoms with van der Waals surface area (Å²) in [6.45, 7) is 3.67. The molecule has 1 aliphatic rings. The van der Waals surface area contributed by atoms with Gasteiger partial charge in [-0.1, -0.05) is 0 Å². The van der Waals surface area contributed by atoms with E-state index in [1.165, 1.54) is 0 Å². The van der Waals surface area contributed by atoms with E-state index in [0.29, 0.717) is 0 Å². The van der Waals surface area contributed by atoms with Crippen molar-refractivity contribution in [2.75, 3.05) is 36.0 Å². The van der Waals surface area contributed by atoms with E-state index in [-0.39, 0.29) is 0 Å². The number of nitrogens with zero attached hydrogens (tertiary/aromatic N) is 6. The molecule has 6 nitrogen and oxygen atoms in total. The molecule has 0 N–H and O–H groups in total. The van der Waals surface area contributed by atoms with E-state index in [0.717, 1.165) is 37.9 Å². The van der Waals surface area contributed by atoms with Crippen LogP contribution in [-0.2, 0) is 0 Å². The minimum absolute atomic E-state index is 0.805. The molecule has 3 rings (SSSR count). The number of anilines is 2. The summed E-state index contributed by atoms with van der Waals surface area (Å²) in [5, 5.41) is 0. The fourth-order valence-corrected chi connectivity index (χ4v) is 2.06. The second-order valence-corrected chi connectivity index (χ2v) is 4.09. The van der Waals surface area contributed by atoms with Crippen molar-refractivity contribution in [2.24, 2.45) is 0 Å². The van der Waals surface area contributed by atoms with E-state index in [4.69, 9.17) is 0 Å². The highest BCUT2D eigenvalue weighted by molar-refractivity contribution is 5.40. The van der Waals surface area contributed by atoms with Gasteiger partial charge in [-0.25, -0.2) is 19.9 Å². The molecule has 0 spiro atoms. The lowest BCUT2D eigenvalue weighted by molar-refractivity contribution is 0.634. The summed E-state index contributed by atoms with van der Waals surface area (Å²) in [4.78, 5) is 21.2. The minimum Gasteiger partial charge on any atom is -0.353 e. The molecule has 0 amide bonds. The Kier molecular flexibility index (Phi) is 2.99. The molecule has 0 saturated carbocycles. The van der Waals surface area contributed by atoms with Gasteiger partial charge in [0.1, 0.15) is 12.1 Å². The highest BCUT2D eigenvalue weighted by Crippen LogP contribution is 2.14. The SMILES string of the molecule is c1cnc(N2CCN(c3ccncn3)CC2)nc1. The lowest BCUT2D eigenvalue weighted by Gasteiger charge is -2.35. The standard InChI is InChI=1S/C12H14N6/c1-3-14-12(15-4-1)18-8-6-17(7-9-18)11-2-5-13-10-16-11/h1-5,10H,6-9H2. The van der Waals surface area contributed by atoms with Crippen molar-refractivity contribution in [3.05, 3.63) is 37.1 Å². The maximum Gasteiger partial charge on any atom is 0.225 e. The van der Waals surface area contributed by atoms with Crippen LogP contribution in [0.25, 0.3) is 0 Å². The fourth-order valence-electron chi connectivity index (χ4n) is 2.06. The zero-order valence-electron chi connectivity index (χ0n) is 9.98. The Morgan fingerprint density at radius 1 is 0.833 bits per heavy atom. The molecule has 2 aromatic rings. The number of piperazine rings is 1. The highest BCUT2D eigenvalue weighted by Gasteiger charge is 2.19. The molecule has 1 aliphatic heterocycles. The van der Waals surface area contributed by atoms with Crippen molar-refractivity contribution in [3.63, 3.8) is 0 Å². The van der Waals surface area contributed by atoms with Crippen molar-refractivity contribution in [2.45, 2.75) is 0 Å². The lowest BCUT2D eigenvalue weighted by Crippen LogP contribution is -2.47. The predicted octanol–water partition coefficient (Wildman–Crippen LogP) is 0.593. The van der Waals surface area contributed by atoms with E-state index in [1.54, 1.807) is 24.9 Å². The predicted molar refractivity (Wildman–Crippen MR) is 68.5 cm³/mol. The molecular weight excluding hydrogens is 228 g/mol. The molecule has 1 saturated heterocycles. The summed E-state index contributed by atoms with van der Waals surface area (Å²) >= 11 is 0. The van der Waals surface area contributed by atoms with E-state index >= 15 is 0 Å². The van der Waals surface area contributed by atoms with Gasteiger partial charge in [0.2, 0.25) is 5.95 Å². The third kappa shape index (κ3) is 2.22. The van der Waals surface area contributed by atoms with Crippen molar-refractivity contribution < 1.29 is 0 Å². The summed E-state index contributed by atoms with van der Waals surface area (Å²) in [6, 6.07) is 3.77. The average molecular weight is 242 g/mol. The summed E-state index contributed by atoms with van der Waals surface area (Å²) in [5.41, 5.74) is 0. The molecule has 3 heterocycles. The Balaban J connectivity index is 1.65. The quantitative estimate of drug-likeness (QED) is 0.768. The van der Waals surface area contributed by atoms with Crippen LogP contribution in [0.15, 0.2) is 37.1 Å². The first-order valence-corrected chi connectivity index (χ1v) is 5.96. The zero-order chi connectivity index (χ0) is 12.2. The molecule has 1 fully saturated rings. The topological polar surface area (TPSA) is 58.0 Å². The number of hydrogen-bond donors (Lipinski definition) is 0. The monoisotopic (exact) mass is 242 g/mol. The van der Waals surface area contributed by atoms with E-state index < -0.39 is 0 Å². The molecule has 92 valence electrons. The van der Waals surface area contributed by atoms with Crippen molar-refractivity contribution in [1.29, 1.82) is 0 Å². The Morgan fingerprint density at radius 3 is 2.22 bits per heavy atom. The number of aromatic nitrogens is 4. The second kappa shape index (κ2) is 4.95. The molecule has 6 heteroatoms. The Morgan fingerprint density at radius 2 is 1.56 bits per heavy atom. The van der Waals surface area contributed by atoms with Crippen LogP contribution in [-0.4, -0.2) is 46.1 Å². The summed E-state index contributed by atoms with van der Waals surface area (Å²) in [5.74, 6) is 1.79. The maximum absolute atomic E-state index is 4.27. The third-order valence-corrected chi connectivity index (χ3v) is 3.00. The minimum atomic E-state index is 0.805. The number of rotatable bonds is 2. The molecule has 0 atom stereocenters. The van der Waals surface area contributed by atoms with Gasteiger partial charge in [-0.15, -0.1) is 0 Å². The van der Waals surface area contributed by atoms with Gasteiger partial charge in [0.05, 0.1) is 0 Å². The lowest BCUT2D eigenvalue weighted by atomic mass is 10.3. The van der Waals surface area contributed by atoms with Crippen LogP contribution >= 0.6 is 0 Å². The molecule has 0 unspecified atom stereocenters. The van der Waals surface area contributed by atoms with Crippen molar-refractivity contribution in [3.8, 4) is 0 Å². The van der Waals surface area contributed by atoms with Crippen LogP contribution in [0.5, 0.6) is 0 Å². The molecule has 2 aromatic heterocycles. The van der Waals surface area contributed by atoms with Crippen LogP contribution in [0.1, 0.15) is 0 Å². The zero-order valence-corrected chi connectivity index (χ0v) is 9.98. The third-order valence-electron chi connectivity index (χ3n) is 3.00. The first-order valence-electron chi connectivity index (χ1n) is 5.96. The Hall–Kier alpha value is -2.24. The summed E-state index contributed by atoms with van der Waals surface area (Å²) < 4.78 is 0. The van der Waals surface area contributed by atoms with Crippen molar-refractivity contribution in [1.82, 2.24) is 19.9 Å². The van der Waals surface area contributed by atoms with E-state index in [1.807, 2.05) is 12.1 Å². The second-order valence-electron chi connectivity index (χ2n) is 4.09. The Bertz CT molecular complexity index is 433. The van der Waals surface area contributed by atoms with Gasteiger partial charge in [-0.2, -0.15) is 0 Å². The van der Waals surface area contributed by atoms with Gasteiger partial charge in [0.25, 0.3) is 0 Å². The highest BCUT2D eigenvalue weighted by atomic mass is 15.3. The van der Waals surface area contributed by atoms with Gasteiger partial charge < -0.3 is 9.80 Å². The molecule has 0 aliphatic carbocycles. The van der Waals surface area contributed by atoms with Gasteiger partial charge in [-0.3, -0.25) is 0 Å². The largest absolute Gasteiger partial charge is 0.353 e. The van der Waals surface area contributed by atoms with Gasteiger partial charge >= 0.3 is 0 Å². The Labute approximate surface area is 105 Å². The average Bonchev–Trinajstić information content (AvgIpc) is 2.49. The van der Waals surface area contributed by atoms with Crippen molar-refractivity contribution >= 4 is 11.8 Å². The number of hydrogen-bond acceptors (Lipinski definition) is 6. The molecular formula is C12H14N6. The van der Waals surface area contributed by atoms with Gasteiger partial charge in [0, 0.05) is 44.8 Å². The smallest absolute Gasteiger partial charge is 0.225 e. The molecule has 0 radical (unpaired) electrons. The van der Waals surface area contributed by atoms with Crippen LogP contribution in [0, 0.1) is 0 Å². The summed E-state index contributed by atoms with van der Waals surface area (Å²) in [7, 11) is 0. The van der Waals surface area contributed by atoms with Crippen LogP contribution in [0.3, 0.4) is 0 Å². The fraction of sp³-hybridized carbons (Fsp3) is 0.333. The van der Waals surface area contributed by atoms with E-state index in [9.17, 15) is 0 Å². The van der Waals surface area contributed by atoms with Gasteiger partial charge in [0.15, 0.2) is 0 Å². The summed E-state index contributed by atoms with van der Waals surface area (Å²) in [6.07, 6.45) is 6.91. The normalized spacial score (nSPS) is 15.8. The van der Waals surface area contributed by atoms with Gasteiger partial charge in [-0.05, 0) is 12.1 Å². The first-order chi connectivity index (χ1) is 8.93.